The Morgan fingerprint density at radius 1 is 0.870 bits per heavy atom. The molecule has 2 aromatic carbocycles. The van der Waals surface area contributed by atoms with Crippen molar-refractivity contribution in [2.75, 3.05) is 5.32 Å². The highest BCUT2D eigenvalue weighted by molar-refractivity contribution is 7.80. The Balaban J connectivity index is 1.97. The highest BCUT2D eigenvalue weighted by Gasteiger charge is 2.08. The van der Waals surface area contributed by atoms with Crippen molar-refractivity contribution in [2.45, 2.75) is 46.6 Å². The lowest BCUT2D eigenvalue weighted by atomic mass is 10.0. The molecule has 3 heteroatoms. The first-order valence-electron chi connectivity index (χ1n) is 8.11. The lowest BCUT2D eigenvalue weighted by Crippen LogP contribution is -2.30. The van der Waals surface area contributed by atoms with Gasteiger partial charge >= 0.3 is 0 Å². The average Bonchev–Trinajstić information content (AvgIpc) is 2.50. The fourth-order valence-electron chi connectivity index (χ4n) is 2.43. The van der Waals surface area contributed by atoms with Crippen molar-refractivity contribution < 1.29 is 0 Å². The predicted molar refractivity (Wildman–Crippen MR) is 104 cm³/mol. The largest absolute Gasteiger partial charge is 0.356 e. The van der Waals surface area contributed by atoms with Gasteiger partial charge in [0.15, 0.2) is 5.11 Å². The van der Waals surface area contributed by atoms with E-state index in [-0.39, 0.29) is 6.04 Å². The topological polar surface area (TPSA) is 24.1 Å². The third-order valence-corrected chi connectivity index (χ3v) is 4.43. The Hall–Kier alpha value is -1.87. The summed E-state index contributed by atoms with van der Waals surface area (Å²) in [7, 11) is 0. The number of hydrogen-bond donors (Lipinski definition) is 2. The minimum Gasteiger partial charge on any atom is -0.356 e. The molecule has 2 N–H and O–H groups in total. The van der Waals surface area contributed by atoms with E-state index >= 15 is 0 Å². The minimum atomic E-state index is 0.171. The molecule has 0 bridgehead atoms. The molecule has 0 fully saturated rings. The molecular weight excluding hydrogens is 300 g/mol. The Labute approximate surface area is 145 Å². The van der Waals surface area contributed by atoms with Gasteiger partial charge in [0.05, 0.1) is 6.04 Å². The predicted octanol–water partition coefficient (Wildman–Crippen LogP) is 5.47. The molecule has 2 aromatic rings. The van der Waals surface area contributed by atoms with Crippen molar-refractivity contribution in [2.24, 2.45) is 0 Å². The fourth-order valence-corrected chi connectivity index (χ4v) is 2.73. The van der Waals surface area contributed by atoms with E-state index in [2.05, 4.69) is 87.7 Å². The molecule has 1 atom stereocenters. The molecule has 0 aliphatic carbocycles. The molecule has 0 aliphatic heterocycles. The van der Waals surface area contributed by atoms with Gasteiger partial charge in [-0.15, -0.1) is 0 Å². The van der Waals surface area contributed by atoms with E-state index in [9.17, 15) is 0 Å². The quantitative estimate of drug-likeness (QED) is 0.728. The van der Waals surface area contributed by atoms with Crippen molar-refractivity contribution in [3.05, 3.63) is 64.7 Å². The summed E-state index contributed by atoms with van der Waals surface area (Å²) in [4.78, 5) is 0. The van der Waals surface area contributed by atoms with Gasteiger partial charge in [0, 0.05) is 5.69 Å². The summed E-state index contributed by atoms with van der Waals surface area (Å²) in [6, 6.07) is 15.1. The molecule has 0 aliphatic rings. The van der Waals surface area contributed by atoms with E-state index in [1.54, 1.807) is 0 Å². The third kappa shape index (κ3) is 4.80. The minimum absolute atomic E-state index is 0.171. The molecule has 0 heterocycles. The van der Waals surface area contributed by atoms with E-state index in [1.165, 1.54) is 22.3 Å². The Kier molecular flexibility index (Phi) is 5.78. The summed E-state index contributed by atoms with van der Waals surface area (Å²) >= 11 is 5.43. The first kappa shape index (κ1) is 17.5. The maximum atomic E-state index is 5.43. The fraction of sp³-hybridized carbons (Fsp3) is 0.350. The number of anilines is 1. The van der Waals surface area contributed by atoms with Crippen LogP contribution in [0.3, 0.4) is 0 Å². The maximum absolute atomic E-state index is 5.43. The summed E-state index contributed by atoms with van der Waals surface area (Å²) in [6.07, 6.45) is 0. The molecule has 0 aromatic heterocycles. The molecule has 0 spiro atoms. The molecule has 0 amide bonds. The van der Waals surface area contributed by atoms with Crippen LogP contribution in [0.4, 0.5) is 5.69 Å². The normalized spacial score (nSPS) is 12.1. The zero-order valence-electron chi connectivity index (χ0n) is 14.6. The Morgan fingerprint density at radius 3 is 2.04 bits per heavy atom. The van der Waals surface area contributed by atoms with Crippen molar-refractivity contribution in [3.63, 3.8) is 0 Å². The number of rotatable bonds is 4. The summed E-state index contributed by atoms with van der Waals surface area (Å²) in [6.45, 7) is 10.8. The summed E-state index contributed by atoms with van der Waals surface area (Å²) in [5.41, 5.74) is 6.20. The van der Waals surface area contributed by atoms with Crippen LogP contribution in [0.15, 0.2) is 42.5 Å². The van der Waals surface area contributed by atoms with Crippen molar-refractivity contribution in [1.82, 2.24) is 5.32 Å². The van der Waals surface area contributed by atoms with Crippen LogP contribution in [0.25, 0.3) is 0 Å². The molecule has 0 saturated heterocycles. The highest BCUT2D eigenvalue weighted by Crippen LogP contribution is 2.19. The van der Waals surface area contributed by atoms with Crippen LogP contribution >= 0.6 is 12.2 Å². The first-order chi connectivity index (χ1) is 10.9. The van der Waals surface area contributed by atoms with Gasteiger partial charge in [-0.2, -0.15) is 0 Å². The number of nitrogens with one attached hydrogen (secondary N) is 2. The van der Waals surface area contributed by atoms with Crippen LogP contribution in [0.2, 0.25) is 0 Å². The van der Waals surface area contributed by atoms with Gasteiger partial charge < -0.3 is 10.6 Å². The average molecular weight is 327 g/mol. The van der Waals surface area contributed by atoms with Crippen LogP contribution in [0.5, 0.6) is 0 Å². The van der Waals surface area contributed by atoms with Crippen LogP contribution in [0.1, 0.15) is 55.0 Å². The van der Waals surface area contributed by atoms with E-state index in [0.29, 0.717) is 11.0 Å². The molecule has 1 unspecified atom stereocenters. The van der Waals surface area contributed by atoms with Gasteiger partial charge in [0.2, 0.25) is 0 Å². The van der Waals surface area contributed by atoms with Crippen LogP contribution in [0, 0.1) is 13.8 Å². The van der Waals surface area contributed by atoms with Gasteiger partial charge in [-0.1, -0.05) is 44.2 Å². The zero-order valence-corrected chi connectivity index (χ0v) is 15.4. The Morgan fingerprint density at radius 2 is 1.48 bits per heavy atom. The van der Waals surface area contributed by atoms with Crippen molar-refractivity contribution in [1.29, 1.82) is 0 Å². The van der Waals surface area contributed by atoms with E-state index in [1.807, 2.05) is 0 Å². The Bertz CT molecular complexity index is 675. The third-order valence-electron chi connectivity index (χ3n) is 4.21. The monoisotopic (exact) mass is 326 g/mol. The summed E-state index contributed by atoms with van der Waals surface area (Å²) < 4.78 is 0. The van der Waals surface area contributed by atoms with Crippen LogP contribution in [-0.2, 0) is 0 Å². The zero-order chi connectivity index (χ0) is 17.0. The molecular formula is C20H26N2S. The number of thiocarbonyl (C=S) groups is 1. The van der Waals surface area contributed by atoms with Crippen LogP contribution in [-0.4, -0.2) is 5.11 Å². The SMILES string of the molecule is Cc1ccc(C(C)NC(=S)Nc2ccc(C(C)C)cc2)cc1C. The second-order valence-corrected chi connectivity index (χ2v) is 6.85. The van der Waals surface area contributed by atoms with Gasteiger partial charge in [-0.05, 0) is 73.3 Å². The van der Waals surface area contributed by atoms with E-state index in [4.69, 9.17) is 12.2 Å². The second kappa shape index (κ2) is 7.60. The summed E-state index contributed by atoms with van der Waals surface area (Å²) in [5.74, 6) is 0.541. The molecule has 2 rings (SSSR count). The lowest BCUT2D eigenvalue weighted by molar-refractivity contribution is 0.721. The number of benzene rings is 2. The maximum Gasteiger partial charge on any atom is 0.171 e. The smallest absolute Gasteiger partial charge is 0.171 e. The van der Waals surface area contributed by atoms with E-state index < -0.39 is 0 Å². The standard InChI is InChI=1S/C20H26N2S/c1-13(2)17-8-10-19(11-9-17)22-20(23)21-16(5)18-7-6-14(3)15(4)12-18/h6-13,16H,1-5H3,(H2,21,22,23). The number of aryl methyl sites for hydroxylation is 2. The highest BCUT2D eigenvalue weighted by atomic mass is 32.1. The molecule has 0 radical (unpaired) electrons. The van der Waals surface area contributed by atoms with Crippen molar-refractivity contribution >= 4 is 23.0 Å². The second-order valence-electron chi connectivity index (χ2n) is 6.44. The van der Waals surface area contributed by atoms with Gasteiger partial charge in [0.1, 0.15) is 0 Å². The van der Waals surface area contributed by atoms with Crippen LogP contribution < -0.4 is 10.6 Å². The molecule has 2 nitrogen and oxygen atoms in total. The summed E-state index contributed by atoms with van der Waals surface area (Å²) in [5, 5.41) is 7.25. The molecule has 23 heavy (non-hydrogen) atoms. The first-order valence-corrected chi connectivity index (χ1v) is 8.52. The van der Waals surface area contributed by atoms with Gasteiger partial charge in [0.25, 0.3) is 0 Å². The lowest BCUT2D eigenvalue weighted by Gasteiger charge is -2.18. The van der Waals surface area contributed by atoms with Gasteiger partial charge in [-0.25, -0.2) is 0 Å². The van der Waals surface area contributed by atoms with Crippen molar-refractivity contribution in [3.8, 4) is 0 Å². The molecule has 0 saturated carbocycles. The number of hydrogen-bond acceptors (Lipinski definition) is 1. The molecule has 122 valence electrons. The van der Waals surface area contributed by atoms with E-state index in [0.717, 1.165) is 5.69 Å². The van der Waals surface area contributed by atoms with Gasteiger partial charge in [-0.3, -0.25) is 0 Å².